The molecule has 2 aliphatic rings. The molecular weight excluding hydrogens is 240 g/mol. The van der Waals surface area contributed by atoms with Crippen LogP contribution in [0.25, 0.3) is 0 Å². The topological polar surface area (TPSA) is 60.9 Å². The second-order valence-corrected chi connectivity index (χ2v) is 6.22. The van der Waals surface area contributed by atoms with Crippen LogP contribution in [-0.2, 0) is 4.79 Å². The molecule has 0 aromatic carbocycles. The van der Waals surface area contributed by atoms with Crippen molar-refractivity contribution in [3.05, 3.63) is 0 Å². The van der Waals surface area contributed by atoms with Gasteiger partial charge in [-0.15, -0.1) is 0 Å². The minimum Gasteiger partial charge on any atom is -0.481 e. The predicted octanol–water partition coefficient (Wildman–Crippen LogP) is 0.949. The smallest absolute Gasteiger partial charge is 0.320 e. The molecule has 2 fully saturated rings. The molecule has 17 heavy (non-hydrogen) atoms. The molecule has 2 unspecified atom stereocenters. The fourth-order valence-corrected chi connectivity index (χ4v) is 3.28. The largest absolute Gasteiger partial charge is 0.481 e. The second-order valence-electron chi connectivity index (χ2n) is 4.73. The Morgan fingerprint density at radius 2 is 1.94 bits per heavy atom. The van der Waals surface area contributed by atoms with E-state index < -0.39 is 5.97 Å². The van der Waals surface area contributed by atoms with Crippen molar-refractivity contribution in [2.24, 2.45) is 5.92 Å². The average Bonchev–Trinajstić information content (AvgIpc) is 2.19. The third-order valence-corrected chi connectivity index (χ3v) is 4.97. The zero-order chi connectivity index (χ0) is 12.6. The van der Waals surface area contributed by atoms with Crippen LogP contribution in [-0.4, -0.2) is 63.6 Å². The lowest BCUT2D eigenvalue weighted by atomic mass is 10.0. The molecule has 6 heteroatoms. The first-order valence-electron chi connectivity index (χ1n) is 5.90. The Morgan fingerprint density at radius 1 is 1.29 bits per heavy atom. The van der Waals surface area contributed by atoms with E-state index in [9.17, 15) is 9.59 Å². The van der Waals surface area contributed by atoms with Crippen molar-refractivity contribution in [2.75, 3.05) is 25.4 Å². The number of hydrogen-bond donors (Lipinski definition) is 1. The Kier molecular flexibility index (Phi) is 3.51. The fraction of sp³-hybridized carbons (Fsp3) is 0.818. The normalized spacial score (nSPS) is 30.0. The van der Waals surface area contributed by atoms with Crippen molar-refractivity contribution in [2.45, 2.75) is 25.1 Å². The number of amides is 2. The van der Waals surface area contributed by atoms with Crippen molar-refractivity contribution >= 4 is 23.8 Å². The Morgan fingerprint density at radius 3 is 2.53 bits per heavy atom. The van der Waals surface area contributed by atoms with Gasteiger partial charge < -0.3 is 14.9 Å². The summed E-state index contributed by atoms with van der Waals surface area (Å²) in [5, 5.41) is 9.23. The summed E-state index contributed by atoms with van der Waals surface area (Å²) < 4.78 is 0. The van der Waals surface area contributed by atoms with Crippen LogP contribution in [0.1, 0.15) is 13.8 Å². The Labute approximate surface area is 105 Å². The lowest BCUT2D eigenvalue weighted by molar-refractivity contribution is -0.146. The monoisotopic (exact) mass is 258 g/mol. The molecule has 1 N–H and O–H groups in total. The zero-order valence-corrected chi connectivity index (χ0v) is 10.9. The second kappa shape index (κ2) is 4.76. The van der Waals surface area contributed by atoms with Crippen LogP contribution in [0.4, 0.5) is 4.79 Å². The van der Waals surface area contributed by atoms with E-state index in [2.05, 4.69) is 13.8 Å². The maximum Gasteiger partial charge on any atom is 0.320 e. The third-order valence-electron chi connectivity index (χ3n) is 3.63. The SMILES string of the molecule is CC1SCCN(C(=O)N2CC(C(=O)O)C2)C1C. The first kappa shape index (κ1) is 12.5. The number of carbonyl (C=O) groups is 2. The van der Waals surface area contributed by atoms with Gasteiger partial charge in [0.25, 0.3) is 0 Å². The van der Waals surface area contributed by atoms with Gasteiger partial charge in [-0.3, -0.25) is 4.79 Å². The fourth-order valence-electron chi connectivity index (χ4n) is 2.18. The molecule has 2 amide bonds. The number of likely N-dealkylation sites (tertiary alicyclic amines) is 1. The Hall–Kier alpha value is -0.910. The maximum atomic E-state index is 12.2. The van der Waals surface area contributed by atoms with E-state index in [-0.39, 0.29) is 18.0 Å². The number of rotatable bonds is 1. The highest BCUT2D eigenvalue weighted by atomic mass is 32.2. The Balaban J connectivity index is 1.90. The molecule has 2 rings (SSSR count). The van der Waals surface area contributed by atoms with Gasteiger partial charge in [-0.1, -0.05) is 6.92 Å². The molecule has 0 aromatic heterocycles. The minimum atomic E-state index is -0.801. The number of thioether (sulfide) groups is 1. The quantitative estimate of drug-likeness (QED) is 0.760. The molecule has 2 atom stereocenters. The number of nitrogens with zero attached hydrogens (tertiary/aromatic N) is 2. The number of urea groups is 1. The van der Waals surface area contributed by atoms with Crippen molar-refractivity contribution in [1.29, 1.82) is 0 Å². The van der Waals surface area contributed by atoms with Crippen LogP contribution in [0.15, 0.2) is 0 Å². The van der Waals surface area contributed by atoms with Crippen LogP contribution < -0.4 is 0 Å². The van der Waals surface area contributed by atoms with Crippen LogP contribution in [0, 0.1) is 5.92 Å². The molecule has 0 radical (unpaired) electrons. The molecule has 2 aliphatic heterocycles. The number of aliphatic carboxylic acids is 1. The van der Waals surface area contributed by atoms with Crippen molar-refractivity contribution in [3.63, 3.8) is 0 Å². The predicted molar refractivity (Wildman–Crippen MR) is 66.2 cm³/mol. The van der Waals surface area contributed by atoms with Gasteiger partial charge in [0.1, 0.15) is 0 Å². The van der Waals surface area contributed by atoms with Gasteiger partial charge >= 0.3 is 12.0 Å². The van der Waals surface area contributed by atoms with Gasteiger partial charge in [0, 0.05) is 36.7 Å². The highest BCUT2D eigenvalue weighted by molar-refractivity contribution is 8.00. The van der Waals surface area contributed by atoms with Crippen molar-refractivity contribution < 1.29 is 14.7 Å². The van der Waals surface area contributed by atoms with Crippen molar-refractivity contribution in [3.8, 4) is 0 Å². The highest BCUT2D eigenvalue weighted by Gasteiger charge is 2.40. The van der Waals surface area contributed by atoms with Gasteiger partial charge in [0.2, 0.25) is 0 Å². The molecule has 0 aromatic rings. The molecule has 2 saturated heterocycles. The standard InChI is InChI=1S/C11H18N2O3S/c1-7-8(2)17-4-3-13(7)11(16)12-5-9(6-12)10(14)15/h7-9H,3-6H2,1-2H3,(H,14,15). The molecular formula is C11H18N2O3S. The minimum absolute atomic E-state index is 0.00199. The summed E-state index contributed by atoms with van der Waals surface area (Å²) in [5.41, 5.74) is 0. The molecule has 0 spiro atoms. The Bertz CT molecular complexity index is 331. The van der Waals surface area contributed by atoms with E-state index in [0.717, 1.165) is 12.3 Å². The summed E-state index contributed by atoms with van der Waals surface area (Å²) in [6.45, 7) is 5.68. The number of carboxylic acids is 1. The summed E-state index contributed by atoms with van der Waals surface area (Å²) >= 11 is 1.88. The van der Waals surface area contributed by atoms with E-state index in [0.29, 0.717) is 18.3 Å². The summed E-state index contributed by atoms with van der Waals surface area (Å²) in [7, 11) is 0. The summed E-state index contributed by atoms with van der Waals surface area (Å²) in [6.07, 6.45) is 0. The molecule has 96 valence electrons. The number of hydrogen-bond acceptors (Lipinski definition) is 3. The summed E-state index contributed by atoms with van der Waals surface area (Å²) in [5.74, 6) is -0.205. The molecule has 2 heterocycles. The van der Waals surface area contributed by atoms with E-state index in [1.54, 1.807) is 4.90 Å². The third kappa shape index (κ3) is 2.36. The molecule has 0 bridgehead atoms. The van der Waals surface area contributed by atoms with Crippen LogP contribution in [0.5, 0.6) is 0 Å². The van der Waals surface area contributed by atoms with Crippen LogP contribution >= 0.6 is 11.8 Å². The van der Waals surface area contributed by atoms with E-state index >= 15 is 0 Å². The highest BCUT2D eigenvalue weighted by Crippen LogP contribution is 2.27. The first-order chi connectivity index (χ1) is 8.00. The van der Waals surface area contributed by atoms with Crippen LogP contribution in [0.2, 0.25) is 0 Å². The van der Waals surface area contributed by atoms with E-state index in [1.165, 1.54) is 0 Å². The number of carbonyl (C=O) groups excluding carboxylic acids is 1. The van der Waals surface area contributed by atoms with Gasteiger partial charge in [0.05, 0.1) is 5.92 Å². The first-order valence-corrected chi connectivity index (χ1v) is 6.95. The van der Waals surface area contributed by atoms with Gasteiger partial charge in [-0.05, 0) is 6.92 Å². The average molecular weight is 258 g/mol. The lowest BCUT2D eigenvalue weighted by Crippen LogP contribution is -2.60. The van der Waals surface area contributed by atoms with Crippen molar-refractivity contribution in [1.82, 2.24) is 9.80 Å². The summed E-state index contributed by atoms with van der Waals surface area (Å²) in [6, 6.07) is 0.229. The molecule has 0 aliphatic carbocycles. The van der Waals surface area contributed by atoms with Gasteiger partial charge in [0.15, 0.2) is 0 Å². The lowest BCUT2D eigenvalue weighted by Gasteiger charge is -2.44. The van der Waals surface area contributed by atoms with E-state index in [1.807, 2.05) is 16.7 Å². The van der Waals surface area contributed by atoms with Gasteiger partial charge in [-0.2, -0.15) is 11.8 Å². The molecule has 5 nitrogen and oxygen atoms in total. The molecule has 0 saturated carbocycles. The zero-order valence-electron chi connectivity index (χ0n) is 10.1. The number of carboxylic acid groups (broad SMARTS) is 1. The maximum absolute atomic E-state index is 12.2. The summed E-state index contributed by atoms with van der Waals surface area (Å²) in [4.78, 5) is 26.4. The van der Waals surface area contributed by atoms with Gasteiger partial charge in [-0.25, -0.2) is 4.79 Å². The van der Waals surface area contributed by atoms with E-state index in [4.69, 9.17) is 5.11 Å². The van der Waals surface area contributed by atoms with Crippen LogP contribution in [0.3, 0.4) is 0 Å².